The quantitative estimate of drug-likeness (QED) is 0.889. The van der Waals surface area contributed by atoms with Crippen LogP contribution in [0.1, 0.15) is 11.3 Å². The van der Waals surface area contributed by atoms with E-state index in [1.807, 2.05) is 13.8 Å². The van der Waals surface area contributed by atoms with E-state index >= 15 is 0 Å². The number of rotatable bonds is 2. The highest BCUT2D eigenvalue weighted by atomic mass is 35.5. The molecule has 1 N–H and O–H groups in total. The van der Waals surface area contributed by atoms with E-state index in [9.17, 15) is 0 Å². The lowest BCUT2D eigenvalue weighted by Crippen LogP contribution is -1.99. The SMILES string of the molecule is Cc1ncnc(Nc2cc(Cl)cc(Cl)c2)c1C. The smallest absolute Gasteiger partial charge is 0.136 e. The van der Waals surface area contributed by atoms with E-state index in [-0.39, 0.29) is 0 Å². The minimum Gasteiger partial charge on any atom is -0.340 e. The van der Waals surface area contributed by atoms with Gasteiger partial charge in [0, 0.05) is 27.0 Å². The molecule has 0 aliphatic rings. The highest BCUT2D eigenvalue weighted by molar-refractivity contribution is 6.35. The van der Waals surface area contributed by atoms with Crippen molar-refractivity contribution in [2.24, 2.45) is 0 Å². The summed E-state index contributed by atoms with van der Waals surface area (Å²) in [5, 5.41) is 4.35. The molecule has 0 spiro atoms. The molecular weight excluding hydrogens is 257 g/mol. The summed E-state index contributed by atoms with van der Waals surface area (Å²) >= 11 is 11.9. The van der Waals surface area contributed by atoms with Crippen LogP contribution in [0, 0.1) is 13.8 Å². The molecule has 0 aliphatic carbocycles. The molecule has 88 valence electrons. The van der Waals surface area contributed by atoms with Gasteiger partial charge >= 0.3 is 0 Å². The molecule has 0 bridgehead atoms. The average Bonchev–Trinajstić information content (AvgIpc) is 2.23. The summed E-state index contributed by atoms with van der Waals surface area (Å²) in [7, 11) is 0. The van der Waals surface area contributed by atoms with E-state index < -0.39 is 0 Å². The van der Waals surface area contributed by atoms with Gasteiger partial charge in [-0.05, 0) is 32.0 Å². The Morgan fingerprint density at radius 2 is 1.65 bits per heavy atom. The van der Waals surface area contributed by atoms with Crippen LogP contribution in [0.3, 0.4) is 0 Å². The average molecular weight is 268 g/mol. The van der Waals surface area contributed by atoms with Crippen molar-refractivity contribution in [1.82, 2.24) is 9.97 Å². The number of hydrogen-bond acceptors (Lipinski definition) is 3. The van der Waals surface area contributed by atoms with Gasteiger partial charge in [-0.2, -0.15) is 0 Å². The second-order valence-corrected chi connectivity index (χ2v) is 4.59. The van der Waals surface area contributed by atoms with Crippen LogP contribution in [-0.4, -0.2) is 9.97 Å². The summed E-state index contributed by atoms with van der Waals surface area (Å²) in [4.78, 5) is 8.30. The number of nitrogens with zero attached hydrogens (tertiary/aromatic N) is 2. The molecule has 1 heterocycles. The Balaban J connectivity index is 2.34. The number of halogens is 2. The van der Waals surface area contributed by atoms with E-state index in [4.69, 9.17) is 23.2 Å². The number of aryl methyl sites for hydroxylation is 1. The maximum Gasteiger partial charge on any atom is 0.136 e. The molecule has 1 aromatic heterocycles. The van der Waals surface area contributed by atoms with Crippen molar-refractivity contribution in [1.29, 1.82) is 0 Å². The molecule has 0 radical (unpaired) electrons. The van der Waals surface area contributed by atoms with Gasteiger partial charge in [0.1, 0.15) is 12.1 Å². The zero-order valence-electron chi connectivity index (χ0n) is 9.46. The number of nitrogens with one attached hydrogen (secondary N) is 1. The lowest BCUT2D eigenvalue weighted by Gasteiger charge is -2.10. The molecule has 0 saturated carbocycles. The van der Waals surface area contributed by atoms with Crippen molar-refractivity contribution < 1.29 is 0 Å². The van der Waals surface area contributed by atoms with Gasteiger partial charge in [-0.3, -0.25) is 0 Å². The number of anilines is 2. The molecule has 3 nitrogen and oxygen atoms in total. The van der Waals surface area contributed by atoms with Crippen LogP contribution in [0.25, 0.3) is 0 Å². The van der Waals surface area contributed by atoms with Crippen LogP contribution >= 0.6 is 23.2 Å². The van der Waals surface area contributed by atoms with Crippen LogP contribution in [-0.2, 0) is 0 Å². The number of aromatic nitrogens is 2. The molecule has 2 aromatic rings. The topological polar surface area (TPSA) is 37.8 Å². The second-order valence-electron chi connectivity index (χ2n) is 3.72. The Labute approximate surface area is 110 Å². The van der Waals surface area contributed by atoms with Gasteiger partial charge in [-0.15, -0.1) is 0 Å². The minimum absolute atomic E-state index is 0.587. The molecule has 2 rings (SSSR count). The molecule has 1 aromatic carbocycles. The standard InChI is InChI=1S/C12H11Cl2N3/c1-7-8(2)15-6-16-12(7)17-11-4-9(13)3-10(14)5-11/h3-6H,1-2H3,(H,15,16,17). The lowest BCUT2D eigenvalue weighted by atomic mass is 10.2. The highest BCUT2D eigenvalue weighted by Crippen LogP contribution is 2.25. The van der Waals surface area contributed by atoms with Gasteiger partial charge in [0.05, 0.1) is 0 Å². The fourth-order valence-electron chi connectivity index (χ4n) is 1.43. The third-order valence-corrected chi connectivity index (χ3v) is 2.90. The third kappa shape index (κ3) is 2.87. The Bertz CT molecular complexity index is 535. The van der Waals surface area contributed by atoms with Crippen molar-refractivity contribution in [2.75, 3.05) is 5.32 Å². The predicted octanol–water partition coefficient (Wildman–Crippen LogP) is 4.14. The van der Waals surface area contributed by atoms with Gasteiger partial charge in [0.15, 0.2) is 0 Å². The molecule has 0 aliphatic heterocycles. The van der Waals surface area contributed by atoms with Crippen LogP contribution in [0.4, 0.5) is 11.5 Å². The first-order chi connectivity index (χ1) is 8.06. The van der Waals surface area contributed by atoms with Crippen molar-refractivity contribution in [2.45, 2.75) is 13.8 Å². The second kappa shape index (κ2) is 4.90. The van der Waals surface area contributed by atoms with Gasteiger partial charge in [-0.25, -0.2) is 9.97 Å². The zero-order valence-corrected chi connectivity index (χ0v) is 11.0. The normalized spacial score (nSPS) is 10.4. The van der Waals surface area contributed by atoms with E-state index in [0.29, 0.717) is 10.0 Å². The Kier molecular flexibility index (Phi) is 3.50. The molecule has 0 saturated heterocycles. The molecule has 0 amide bonds. The van der Waals surface area contributed by atoms with Crippen LogP contribution in [0.15, 0.2) is 24.5 Å². The lowest BCUT2D eigenvalue weighted by molar-refractivity contribution is 1.06. The van der Waals surface area contributed by atoms with E-state index in [1.165, 1.54) is 6.33 Å². The molecule has 17 heavy (non-hydrogen) atoms. The van der Waals surface area contributed by atoms with Crippen molar-refractivity contribution in [3.63, 3.8) is 0 Å². The van der Waals surface area contributed by atoms with Gasteiger partial charge in [0.25, 0.3) is 0 Å². The third-order valence-electron chi connectivity index (χ3n) is 2.46. The van der Waals surface area contributed by atoms with E-state index in [2.05, 4.69) is 15.3 Å². The summed E-state index contributed by atoms with van der Waals surface area (Å²) in [5.41, 5.74) is 2.75. The van der Waals surface area contributed by atoms with E-state index in [0.717, 1.165) is 22.8 Å². The van der Waals surface area contributed by atoms with E-state index in [1.54, 1.807) is 18.2 Å². The fraction of sp³-hybridized carbons (Fsp3) is 0.167. The fourth-order valence-corrected chi connectivity index (χ4v) is 1.95. The Morgan fingerprint density at radius 1 is 1.00 bits per heavy atom. The summed E-state index contributed by atoms with van der Waals surface area (Å²) in [6, 6.07) is 5.28. The predicted molar refractivity (Wildman–Crippen MR) is 71.3 cm³/mol. The number of benzene rings is 1. The first kappa shape index (κ1) is 12.1. The summed E-state index contributed by atoms with van der Waals surface area (Å²) < 4.78 is 0. The van der Waals surface area contributed by atoms with Crippen molar-refractivity contribution in [3.05, 3.63) is 45.8 Å². The monoisotopic (exact) mass is 267 g/mol. The Hall–Kier alpha value is -1.32. The molecule has 0 fully saturated rings. The van der Waals surface area contributed by atoms with Gasteiger partial charge in [0.2, 0.25) is 0 Å². The molecular formula is C12H11Cl2N3. The van der Waals surface area contributed by atoms with Gasteiger partial charge in [-0.1, -0.05) is 23.2 Å². The van der Waals surface area contributed by atoms with Crippen molar-refractivity contribution in [3.8, 4) is 0 Å². The summed E-state index contributed by atoms with van der Waals surface area (Å²) in [6.45, 7) is 3.90. The first-order valence-corrected chi connectivity index (χ1v) is 5.83. The summed E-state index contributed by atoms with van der Waals surface area (Å²) in [5.74, 6) is 0.760. The molecule has 5 heteroatoms. The molecule has 0 atom stereocenters. The molecule has 0 unspecified atom stereocenters. The van der Waals surface area contributed by atoms with Crippen LogP contribution < -0.4 is 5.32 Å². The first-order valence-electron chi connectivity index (χ1n) is 5.07. The minimum atomic E-state index is 0.587. The Morgan fingerprint density at radius 3 is 2.29 bits per heavy atom. The summed E-state index contributed by atoms with van der Waals surface area (Å²) in [6.07, 6.45) is 1.52. The highest BCUT2D eigenvalue weighted by Gasteiger charge is 2.05. The van der Waals surface area contributed by atoms with Crippen LogP contribution in [0.5, 0.6) is 0 Å². The number of hydrogen-bond donors (Lipinski definition) is 1. The largest absolute Gasteiger partial charge is 0.340 e. The maximum atomic E-state index is 5.93. The van der Waals surface area contributed by atoms with Crippen molar-refractivity contribution >= 4 is 34.7 Å². The zero-order chi connectivity index (χ0) is 12.4. The van der Waals surface area contributed by atoms with Crippen LogP contribution in [0.2, 0.25) is 10.0 Å². The maximum absolute atomic E-state index is 5.93. The van der Waals surface area contributed by atoms with Gasteiger partial charge < -0.3 is 5.32 Å².